The fraction of sp³-hybridized carbons (Fsp3) is 0.286. The normalized spacial score (nSPS) is 16.9. The van der Waals surface area contributed by atoms with Gasteiger partial charge in [0.25, 0.3) is 0 Å². The van der Waals surface area contributed by atoms with Crippen molar-refractivity contribution in [3.05, 3.63) is 64.5 Å². The molecule has 0 aliphatic carbocycles. The van der Waals surface area contributed by atoms with Crippen molar-refractivity contribution in [3.63, 3.8) is 0 Å². The van der Waals surface area contributed by atoms with E-state index in [2.05, 4.69) is 31.4 Å². The van der Waals surface area contributed by atoms with Crippen LogP contribution in [0.4, 0.5) is 23.7 Å². The molecule has 10 heteroatoms. The number of carbonyl (C=O) groups excluding carboxylic acids is 1. The number of alkyl halides is 3. The van der Waals surface area contributed by atoms with Crippen LogP contribution >= 0.6 is 15.9 Å². The number of para-hydroxylation sites is 1. The van der Waals surface area contributed by atoms with Crippen molar-refractivity contribution in [2.45, 2.75) is 24.9 Å². The lowest BCUT2D eigenvalue weighted by Gasteiger charge is -2.31. The quantitative estimate of drug-likeness (QED) is 0.489. The van der Waals surface area contributed by atoms with E-state index in [0.717, 1.165) is 22.5 Å². The Morgan fingerprint density at radius 2 is 1.90 bits per heavy atom. The summed E-state index contributed by atoms with van der Waals surface area (Å²) in [5.74, 6) is 0.670. The molecule has 2 aromatic carbocycles. The second kappa shape index (κ2) is 8.70. The minimum Gasteiger partial charge on any atom is -0.339 e. The molecule has 1 fully saturated rings. The van der Waals surface area contributed by atoms with E-state index >= 15 is 0 Å². The molecule has 0 saturated carbocycles. The van der Waals surface area contributed by atoms with E-state index in [1.165, 1.54) is 23.1 Å². The van der Waals surface area contributed by atoms with E-state index < -0.39 is 17.8 Å². The fourth-order valence-electron chi connectivity index (χ4n) is 3.51. The largest absolute Gasteiger partial charge is 0.418 e. The maximum Gasteiger partial charge on any atom is 0.418 e. The molecule has 2 heterocycles. The zero-order chi connectivity index (χ0) is 22.0. The Bertz CT molecular complexity index is 1070. The lowest BCUT2D eigenvalue weighted by molar-refractivity contribution is -0.136. The molecule has 1 atom stereocenters. The van der Waals surface area contributed by atoms with Gasteiger partial charge in [-0.3, -0.25) is 0 Å². The number of hydrogen-bond acceptors (Lipinski definition) is 4. The van der Waals surface area contributed by atoms with Crippen LogP contribution in [-0.4, -0.2) is 34.2 Å². The van der Waals surface area contributed by atoms with E-state index in [0.29, 0.717) is 24.7 Å². The highest BCUT2D eigenvalue weighted by atomic mass is 79.9. The molecule has 1 N–H and O–H groups in total. The second-order valence-corrected chi connectivity index (χ2v) is 8.14. The highest BCUT2D eigenvalue weighted by Crippen LogP contribution is 2.35. The molecule has 1 unspecified atom stereocenters. The molecule has 4 rings (SSSR count). The van der Waals surface area contributed by atoms with Crippen LogP contribution in [0.15, 0.2) is 57.5 Å². The summed E-state index contributed by atoms with van der Waals surface area (Å²) in [7, 11) is 0. The Hall–Kier alpha value is -2.88. The summed E-state index contributed by atoms with van der Waals surface area (Å²) < 4.78 is 45.9. The fourth-order valence-corrected chi connectivity index (χ4v) is 3.78. The molecule has 3 aromatic rings. The average molecular weight is 495 g/mol. The van der Waals surface area contributed by atoms with Gasteiger partial charge in [0.2, 0.25) is 11.7 Å². The van der Waals surface area contributed by atoms with E-state index in [9.17, 15) is 18.0 Å². The first-order valence-corrected chi connectivity index (χ1v) is 10.4. The number of benzene rings is 2. The number of hydrogen-bond donors (Lipinski definition) is 1. The first-order valence-electron chi connectivity index (χ1n) is 9.63. The molecule has 0 radical (unpaired) electrons. The lowest BCUT2D eigenvalue weighted by atomic mass is 9.98. The predicted octanol–water partition coefficient (Wildman–Crippen LogP) is 5.93. The molecule has 1 aromatic heterocycles. The van der Waals surface area contributed by atoms with E-state index in [1.807, 2.05) is 24.3 Å². The monoisotopic (exact) mass is 494 g/mol. The molecule has 0 bridgehead atoms. The van der Waals surface area contributed by atoms with E-state index in [1.54, 1.807) is 0 Å². The van der Waals surface area contributed by atoms with Gasteiger partial charge in [-0.2, -0.15) is 18.2 Å². The first-order chi connectivity index (χ1) is 14.8. The van der Waals surface area contributed by atoms with Gasteiger partial charge in [-0.1, -0.05) is 33.2 Å². The number of nitrogens with one attached hydrogen (secondary N) is 1. The Kier molecular flexibility index (Phi) is 5.99. The van der Waals surface area contributed by atoms with Gasteiger partial charge in [-0.25, -0.2) is 4.79 Å². The summed E-state index contributed by atoms with van der Waals surface area (Å²) in [4.78, 5) is 18.6. The highest BCUT2D eigenvalue weighted by Gasteiger charge is 2.34. The van der Waals surface area contributed by atoms with Gasteiger partial charge in [0.1, 0.15) is 0 Å². The Balaban J connectivity index is 1.46. The lowest BCUT2D eigenvalue weighted by Crippen LogP contribution is -2.42. The number of urea groups is 1. The number of piperidine rings is 1. The number of halogens is 4. The number of rotatable bonds is 3. The van der Waals surface area contributed by atoms with Gasteiger partial charge >= 0.3 is 12.2 Å². The van der Waals surface area contributed by atoms with Crippen LogP contribution in [0.2, 0.25) is 0 Å². The van der Waals surface area contributed by atoms with Gasteiger partial charge in [0, 0.05) is 23.1 Å². The van der Waals surface area contributed by atoms with Gasteiger partial charge in [-0.15, -0.1) is 0 Å². The van der Waals surface area contributed by atoms with Gasteiger partial charge in [0.15, 0.2) is 0 Å². The summed E-state index contributed by atoms with van der Waals surface area (Å²) in [5.41, 5.74) is -0.349. The minimum atomic E-state index is -4.55. The van der Waals surface area contributed by atoms with Crippen LogP contribution in [0, 0.1) is 0 Å². The SMILES string of the molecule is O=C(Nc1ccccc1C(F)(F)F)N1CCCC(c2nc(-c3ccc(Br)cc3)no2)C1. The van der Waals surface area contributed by atoms with Crippen molar-refractivity contribution in [2.75, 3.05) is 18.4 Å². The minimum absolute atomic E-state index is 0.186. The summed E-state index contributed by atoms with van der Waals surface area (Å²) in [5, 5.41) is 6.41. The highest BCUT2D eigenvalue weighted by molar-refractivity contribution is 9.10. The van der Waals surface area contributed by atoms with Crippen LogP contribution in [0.3, 0.4) is 0 Å². The summed E-state index contributed by atoms with van der Waals surface area (Å²) in [6.45, 7) is 0.714. The maximum atomic E-state index is 13.2. The van der Waals surface area contributed by atoms with Crippen LogP contribution in [0.1, 0.15) is 30.2 Å². The number of aromatic nitrogens is 2. The number of likely N-dealkylation sites (tertiary alicyclic amines) is 1. The van der Waals surface area contributed by atoms with Crippen LogP contribution < -0.4 is 5.32 Å². The molecule has 6 nitrogen and oxygen atoms in total. The molecule has 0 spiro atoms. The first kappa shape index (κ1) is 21.4. The molecular weight excluding hydrogens is 477 g/mol. The van der Waals surface area contributed by atoms with Crippen molar-refractivity contribution >= 4 is 27.6 Å². The summed E-state index contributed by atoms with van der Waals surface area (Å²) >= 11 is 3.37. The van der Waals surface area contributed by atoms with Crippen molar-refractivity contribution in [3.8, 4) is 11.4 Å². The molecule has 162 valence electrons. The van der Waals surface area contributed by atoms with Crippen molar-refractivity contribution in [1.82, 2.24) is 15.0 Å². The molecule has 1 aliphatic heterocycles. The zero-order valence-corrected chi connectivity index (χ0v) is 17.8. The van der Waals surface area contributed by atoms with E-state index in [4.69, 9.17) is 4.52 Å². The maximum absolute atomic E-state index is 13.2. The third kappa shape index (κ3) is 4.90. The summed E-state index contributed by atoms with van der Waals surface area (Å²) in [6.07, 6.45) is -3.14. The van der Waals surface area contributed by atoms with Crippen LogP contribution in [-0.2, 0) is 6.18 Å². The van der Waals surface area contributed by atoms with Crippen molar-refractivity contribution < 1.29 is 22.5 Å². The molecular formula is C21H18BrF3N4O2. The summed E-state index contributed by atoms with van der Waals surface area (Å²) in [6, 6.07) is 11.8. The van der Waals surface area contributed by atoms with Gasteiger partial charge in [0.05, 0.1) is 17.2 Å². The van der Waals surface area contributed by atoms with Crippen LogP contribution in [0.5, 0.6) is 0 Å². The Morgan fingerprint density at radius 1 is 1.16 bits per heavy atom. The van der Waals surface area contributed by atoms with E-state index in [-0.39, 0.29) is 18.2 Å². The second-order valence-electron chi connectivity index (χ2n) is 7.22. The Labute approximate surface area is 184 Å². The Morgan fingerprint density at radius 3 is 2.65 bits per heavy atom. The number of anilines is 1. The standard InChI is InChI=1S/C21H18BrF3N4O2/c22-15-9-7-13(8-10-15)18-27-19(31-28-18)14-4-3-11-29(12-14)20(30)26-17-6-2-1-5-16(17)21(23,24)25/h1-2,5-10,14H,3-4,11-12H2,(H,26,30). The smallest absolute Gasteiger partial charge is 0.339 e. The molecule has 2 amide bonds. The average Bonchev–Trinajstić information content (AvgIpc) is 3.24. The third-order valence-electron chi connectivity index (χ3n) is 5.08. The predicted molar refractivity (Wildman–Crippen MR) is 111 cm³/mol. The third-order valence-corrected chi connectivity index (χ3v) is 5.60. The van der Waals surface area contributed by atoms with Gasteiger partial charge in [-0.05, 0) is 49.2 Å². The topological polar surface area (TPSA) is 71.3 Å². The number of carbonyl (C=O) groups is 1. The molecule has 1 saturated heterocycles. The number of nitrogens with zero attached hydrogens (tertiary/aromatic N) is 3. The molecule has 1 aliphatic rings. The van der Waals surface area contributed by atoms with Crippen molar-refractivity contribution in [1.29, 1.82) is 0 Å². The van der Waals surface area contributed by atoms with Gasteiger partial charge < -0.3 is 14.7 Å². The molecule has 31 heavy (non-hydrogen) atoms. The zero-order valence-electron chi connectivity index (χ0n) is 16.2. The van der Waals surface area contributed by atoms with Crippen molar-refractivity contribution in [2.24, 2.45) is 0 Å². The number of amides is 2. The van der Waals surface area contributed by atoms with Crippen LogP contribution in [0.25, 0.3) is 11.4 Å².